The molecule has 0 saturated carbocycles. The summed E-state index contributed by atoms with van der Waals surface area (Å²) >= 11 is 1.26. The minimum absolute atomic E-state index is 0.0547. The zero-order chi connectivity index (χ0) is 53.7. The van der Waals surface area contributed by atoms with Crippen molar-refractivity contribution in [2.24, 2.45) is 5.73 Å². The number of nitrogens with two attached hydrogens (primary N) is 1. The van der Waals surface area contributed by atoms with Crippen molar-refractivity contribution in [2.75, 3.05) is 31.3 Å². The average Bonchev–Trinajstić information content (AvgIpc) is 3.38. The van der Waals surface area contributed by atoms with E-state index >= 15 is 0 Å². The van der Waals surface area contributed by atoms with Crippen molar-refractivity contribution in [1.29, 1.82) is 0 Å². The maximum Gasteiger partial charge on any atom is 0.306 e. The number of thioether (sulfide) groups is 1. The summed E-state index contributed by atoms with van der Waals surface area (Å²) in [7, 11) is 0. The Hall–Kier alpha value is -2.71. The van der Waals surface area contributed by atoms with Crippen LogP contribution in [0, 0.1) is 0 Å². The van der Waals surface area contributed by atoms with Crippen LogP contribution in [0.1, 0.15) is 284 Å². The van der Waals surface area contributed by atoms with Crippen LogP contribution in [-0.4, -0.2) is 96.5 Å². The Morgan fingerprint density at radius 3 is 1.29 bits per heavy atom. The summed E-state index contributed by atoms with van der Waals surface area (Å²) in [4.78, 5) is 78.0. The van der Waals surface area contributed by atoms with Crippen LogP contribution in [0.15, 0.2) is 0 Å². The van der Waals surface area contributed by atoms with E-state index in [2.05, 4.69) is 36.7 Å². The van der Waals surface area contributed by atoms with Crippen LogP contribution < -0.4 is 21.7 Å². The fourth-order valence-electron chi connectivity index (χ4n) is 8.95. The summed E-state index contributed by atoms with van der Waals surface area (Å²) in [5, 5.41) is 18.1. The highest BCUT2D eigenvalue weighted by Crippen LogP contribution is 2.17. The normalized spacial score (nSPS) is 12.9. The van der Waals surface area contributed by atoms with Gasteiger partial charge < -0.3 is 36.3 Å². The quantitative estimate of drug-likeness (QED) is 0.0286. The van der Waals surface area contributed by atoms with Gasteiger partial charge in [-0.15, -0.1) is 0 Å². The zero-order valence-electron chi connectivity index (χ0n) is 47.0. The summed E-state index contributed by atoms with van der Waals surface area (Å²) in [5.41, 5.74) is 5.58. The SMILES string of the molecule is CCCCCCCCCCCCCCCC(=O)N[C@@H](CSCC(COC(=O)CCCCCCCCCCCCC)OC(=O)CCCCCCCCCCCCC)C(=O)N[C@@H](CO)C(=O)N[C@H]([C]=O)CCCCN. The zero-order valence-corrected chi connectivity index (χ0v) is 47.9. The average molecular weight is 1050 g/mol. The second kappa shape index (κ2) is 54.1. The first-order valence-corrected chi connectivity index (χ1v) is 31.3. The highest BCUT2D eigenvalue weighted by Gasteiger charge is 2.28. The summed E-state index contributed by atoms with van der Waals surface area (Å²) in [5.74, 6) is -2.20. The van der Waals surface area contributed by atoms with Crippen molar-refractivity contribution >= 4 is 47.7 Å². The van der Waals surface area contributed by atoms with E-state index in [1.165, 1.54) is 166 Å². The number of hydrogen-bond acceptors (Lipinski definition) is 11. The molecular weight excluding hydrogens is 941 g/mol. The summed E-state index contributed by atoms with van der Waals surface area (Å²) in [6.45, 7) is 6.28. The van der Waals surface area contributed by atoms with E-state index in [4.69, 9.17) is 15.2 Å². The van der Waals surface area contributed by atoms with Gasteiger partial charge >= 0.3 is 11.9 Å². The molecule has 4 atom stereocenters. The van der Waals surface area contributed by atoms with Gasteiger partial charge in [-0.3, -0.25) is 28.8 Å². The molecule has 0 rings (SSSR count). The van der Waals surface area contributed by atoms with Crippen LogP contribution in [0.25, 0.3) is 0 Å². The molecule has 0 bridgehead atoms. The Balaban J connectivity index is 5.56. The number of hydrogen-bond donors (Lipinski definition) is 5. The van der Waals surface area contributed by atoms with E-state index in [-0.39, 0.29) is 55.2 Å². The Bertz CT molecular complexity index is 1330. The van der Waals surface area contributed by atoms with Crippen molar-refractivity contribution in [2.45, 2.75) is 308 Å². The largest absolute Gasteiger partial charge is 0.462 e. The molecule has 0 heterocycles. The van der Waals surface area contributed by atoms with Crippen LogP contribution in [0.4, 0.5) is 0 Å². The Labute approximate surface area is 450 Å². The lowest BCUT2D eigenvalue weighted by Crippen LogP contribution is -2.57. The predicted molar refractivity (Wildman–Crippen MR) is 302 cm³/mol. The van der Waals surface area contributed by atoms with Gasteiger partial charge in [0.25, 0.3) is 0 Å². The molecule has 0 aromatic heterocycles. The van der Waals surface area contributed by atoms with E-state index in [1.54, 1.807) is 6.29 Å². The molecule has 13 nitrogen and oxygen atoms in total. The molecule has 73 heavy (non-hydrogen) atoms. The number of carbonyl (C=O) groups is 5. The van der Waals surface area contributed by atoms with E-state index in [1.807, 2.05) is 0 Å². The van der Waals surface area contributed by atoms with Crippen LogP contribution in [0.2, 0.25) is 0 Å². The molecule has 14 heteroatoms. The van der Waals surface area contributed by atoms with Gasteiger partial charge in [-0.25, -0.2) is 0 Å². The predicted octanol–water partition coefficient (Wildman–Crippen LogP) is 12.7. The van der Waals surface area contributed by atoms with Gasteiger partial charge in [-0.1, -0.05) is 226 Å². The smallest absolute Gasteiger partial charge is 0.306 e. The summed E-state index contributed by atoms with van der Waals surface area (Å²) in [6, 6.07) is -3.41. The molecule has 427 valence electrons. The van der Waals surface area contributed by atoms with Crippen LogP contribution in [0.5, 0.6) is 0 Å². The highest BCUT2D eigenvalue weighted by molar-refractivity contribution is 7.99. The number of unbranched alkanes of at least 4 members (excludes halogenated alkanes) is 33. The number of aliphatic hydroxyl groups is 1. The number of amides is 3. The lowest BCUT2D eigenvalue weighted by atomic mass is 10.0. The molecule has 0 saturated heterocycles. The van der Waals surface area contributed by atoms with E-state index < -0.39 is 42.7 Å². The maximum absolute atomic E-state index is 13.8. The molecule has 0 aromatic carbocycles. The Morgan fingerprint density at radius 1 is 0.479 bits per heavy atom. The first-order valence-electron chi connectivity index (χ1n) is 30.2. The molecule has 0 fully saturated rings. The fraction of sp³-hybridized carbons (Fsp3) is 0.898. The number of rotatable bonds is 56. The van der Waals surface area contributed by atoms with Gasteiger partial charge in [-0.2, -0.15) is 11.8 Å². The van der Waals surface area contributed by atoms with Crippen molar-refractivity contribution in [3.63, 3.8) is 0 Å². The monoisotopic (exact) mass is 1050 g/mol. The third-order valence-electron chi connectivity index (χ3n) is 13.7. The minimum atomic E-state index is -1.38. The standard InChI is InChI=1S/C59H111N4O9S/c1-4-7-10-13-16-19-22-23-26-27-30-33-36-42-55(66)62-54(59(70)63-53(47-65)58(69)61-51(46-64)41-39-40-45-60)50-73-49-52(72-57(68)44-38-35-32-29-25-21-18-15-12-9-6-3)48-71-56(67)43-37-34-31-28-24-20-17-14-11-8-5-2/h51-54,65H,4-45,47-50,60H2,1-3H3,(H,61,69)(H,62,66)(H,63,70)/t51-,52?,53-,54-/m0/s1. The number of carbonyl (C=O) groups excluding carboxylic acids is 6. The topological polar surface area (TPSA) is 203 Å². The van der Waals surface area contributed by atoms with Gasteiger partial charge in [0.2, 0.25) is 24.0 Å². The maximum atomic E-state index is 13.8. The first-order chi connectivity index (χ1) is 35.6. The Kier molecular flexibility index (Phi) is 52.1. The number of ether oxygens (including phenoxy) is 2. The number of aliphatic hydroxyl groups excluding tert-OH is 1. The van der Waals surface area contributed by atoms with Crippen LogP contribution >= 0.6 is 11.8 Å². The molecule has 6 N–H and O–H groups in total. The van der Waals surface area contributed by atoms with Gasteiger partial charge in [0.1, 0.15) is 24.8 Å². The van der Waals surface area contributed by atoms with Gasteiger partial charge in [0.05, 0.1) is 12.6 Å². The second-order valence-corrected chi connectivity index (χ2v) is 21.8. The molecule has 3 amide bonds. The summed E-state index contributed by atoms with van der Waals surface area (Å²) < 4.78 is 11.6. The van der Waals surface area contributed by atoms with Crippen LogP contribution in [-0.2, 0) is 38.2 Å². The molecule has 0 spiro atoms. The fourth-order valence-corrected chi connectivity index (χ4v) is 9.98. The molecular formula is C59H111N4O9S. The van der Waals surface area contributed by atoms with E-state index in [9.17, 15) is 33.9 Å². The Morgan fingerprint density at radius 2 is 0.877 bits per heavy atom. The van der Waals surface area contributed by atoms with Crippen molar-refractivity contribution in [3.8, 4) is 0 Å². The van der Waals surface area contributed by atoms with E-state index in [0.29, 0.717) is 38.6 Å². The third-order valence-corrected chi connectivity index (χ3v) is 14.8. The van der Waals surface area contributed by atoms with Crippen LogP contribution in [0.3, 0.4) is 0 Å². The first kappa shape index (κ1) is 70.3. The number of nitrogens with one attached hydrogen (secondary N) is 3. The number of esters is 2. The lowest BCUT2D eigenvalue weighted by molar-refractivity contribution is -0.157. The van der Waals surface area contributed by atoms with Gasteiger partial charge in [-0.05, 0) is 45.1 Å². The van der Waals surface area contributed by atoms with Gasteiger partial charge in [0, 0.05) is 30.8 Å². The molecule has 1 radical (unpaired) electrons. The molecule has 0 aliphatic heterocycles. The van der Waals surface area contributed by atoms with Gasteiger partial charge in [0.15, 0.2) is 0 Å². The van der Waals surface area contributed by atoms with Crippen molar-refractivity contribution < 1.29 is 43.3 Å². The third kappa shape index (κ3) is 46.3. The molecule has 0 aromatic rings. The lowest BCUT2D eigenvalue weighted by Gasteiger charge is -2.24. The molecule has 0 aliphatic rings. The molecule has 1 unspecified atom stereocenters. The molecule has 0 aliphatic carbocycles. The second-order valence-electron chi connectivity index (χ2n) is 20.7. The highest BCUT2D eigenvalue weighted by atomic mass is 32.2. The summed E-state index contributed by atoms with van der Waals surface area (Å²) in [6.07, 6.45) is 44.3. The van der Waals surface area contributed by atoms with Crippen molar-refractivity contribution in [1.82, 2.24) is 16.0 Å². The van der Waals surface area contributed by atoms with E-state index in [0.717, 1.165) is 57.8 Å². The minimum Gasteiger partial charge on any atom is -0.462 e. The van der Waals surface area contributed by atoms with Crippen molar-refractivity contribution in [3.05, 3.63) is 0 Å².